The number of hydrogen-bond donors (Lipinski definition) is 1. The molecule has 0 radical (unpaired) electrons. The molecule has 2 aromatic carbocycles. The SMILES string of the molecule is Cc1nc2cc(NC(=O)C3CC34CCN(Cc3ccc5nsnc5c3)CC4)ccc2s1. The van der Waals surface area contributed by atoms with Crippen LogP contribution in [0, 0.1) is 18.3 Å². The normalized spacial score (nSPS) is 20.5. The molecule has 158 valence electrons. The van der Waals surface area contributed by atoms with Crippen LogP contribution < -0.4 is 5.32 Å². The van der Waals surface area contributed by atoms with E-state index in [0.717, 1.165) is 70.8 Å². The Balaban J connectivity index is 1.06. The van der Waals surface area contributed by atoms with E-state index in [1.54, 1.807) is 11.3 Å². The lowest BCUT2D eigenvalue weighted by Crippen LogP contribution is -2.35. The number of nitrogens with one attached hydrogen (secondary N) is 1. The lowest BCUT2D eigenvalue weighted by Gasteiger charge is -2.32. The highest BCUT2D eigenvalue weighted by Gasteiger charge is 2.58. The lowest BCUT2D eigenvalue weighted by molar-refractivity contribution is -0.118. The van der Waals surface area contributed by atoms with Gasteiger partial charge in [0.2, 0.25) is 5.91 Å². The molecular weight excluding hydrogens is 426 g/mol. The van der Waals surface area contributed by atoms with Crippen LogP contribution in [-0.2, 0) is 11.3 Å². The van der Waals surface area contributed by atoms with Crippen molar-refractivity contribution < 1.29 is 4.79 Å². The number of carbonyl (C=O) groups is 1. The minimum Gasteiger partial charge on any atom is -0.326 e. The van der Waals surface area contributed by atoms with E-state index in [9.17, 15) is 4.79 Å². The molecule has 4 aromatic rings. The van der Waals surface area contributed by atoms with Crippen LogP contribution in [0.15, 0.2) is 36.4 Å². The van der Waals surface area contributed by atoms with Gasteiger partial charge in [-0.05, 0) is 80.6 Å². The van der Waals surface area contributed by atoms with Gasteiger partial charge in [0.15, 0.2) is 0 Å². The molecule has 1 saturated carbocycles. The smallest absolute Gasteiger partial charge is 0.228 e. The number of fused-ring (bicyclic) bond motifs is 2. The number of thiazole rings is 1. The van der Waals surface area contributed by atoms with Crippen molar-refractivity contribution in [1.29, 1.82) is 0 Å². The fourth-order valence-electron chi connectivity index (χ4n) is 4.96. The molecule has 1 amide bonds. The number of hydrogen-bond acceptors (Lipinski definition) is 7. The summed E-state index contributed by atoms with van der Waals surface area (Å²) < 4.78 is 9.79. The molecule has 1 atom stereocenters. The average Bonchev–Trinajstić information content (AvgIpc) is 3.07. The summed E-state index contributed by atoms with van der Waals surface area (Å²) in [5, 5.41) is 4.19. The van der Waals surface area contributed by atoms with E-state index < -0.39 is 0 Å². The van der Waals surface area contributed by atoms with Crippen LogP contribution in [0.2, 0.25) is 0 Å². The van der Waals surface area contributed by atoms with E-state index in [-0.39, 0.29) is 17.2 Å². The number of benzene rings is 2. The summed E-state index contributed by atoms with van der Waals surface area (Å²) in [5.41, 5.74) is 5.27. The number of carbonyl (C=O) groups excluding carboxylic acids is 1. The van der Waals surface area contributed by atoms with Crippen LogP contribution in [0.4, 0.5) is 5.69 Å². The van der Waals surface area contributed by atoms with E-state index in [1.165, 1.54) is 17.3 Å². The van der Waals surface area contributed by atoms with E-state index in [0.29, 0.717) is 0 Å². The molecule has 6 nitrogen and oxygen atoms in total. The lowest BCUT2D eigenvalue weighted by atomic mass is 9.90. The Morgan fingerprint density at radius 1 is 1.13 bits per heavy atom. The summed E-state index contributed by atoms with van der Waals surface area (Å²) in [6.45, 7) is 5.04. The van der Waals surface area contributed by atoms with E-state index in [4.69, 9.17) is 0 Å². The van der Waals surface area contributed by atoms with Crippen LogP contribution in [0.25, 0.3) is 21.3 Å². The Kier molecular flexibility index (Phi) is 4.55. The van der Waals surface area contributed by atoms with Gasteiger partial charge in [-0.1, -0.05) is 6.07 Å². The summed E-state index contributed by atoms with van der Waals surface area (Å²) in [5.74, 6) is 0.307. The standard InChI is InChI=1S/C23H23N5OS2/c1-14-24-20-11-16(3-5-21(20)30-14)25-22(29)17-12-23(17)6-8-28(9-7-23)13-15-2-4-18-19(10-15)27-31-26-18/h2-5,10-11,17H,6-9,12-13H2,1H3,(H,25,29). The largest absolute Gasteiger partial charge is 0.326 e. The molecule has 1 unspecified atom stereocenters. The predicted octanol–water partition coefficient (Wildman–Crippen LogP) is 4.85. The zero-order valence-electron chi connectivity index (χ0n) is 17.3. The molecule has 1 aliphatic carbocycles. The topological polar surface area (TPSA) is 71.0 Å². The number of aryl methyl sites for hydroxylation is 1. The van der Waals surface area contributed by atoms with Crippen molar-refractivity contribution in [3.8, 4) is 0 Å². The first kappa shape index (κ1) is 19.3. The molecule has 1 aliphatic heterocycles. The second-order valence-electron chi connectivity index (χ2n) is 8.89. The number of rotatable bonds is 4. The van der Waals surface area contributed by atoms with Gasteiger partial charge in [-0.3, -0.25) is 9.69 Å². The van der Waals surface area contributed by atoms with E-state index in [1.807, 2.05) is 19.1 Å². The van der Waals surface area contributed by atoms with Gasteiger partial charge in [0.05, 0.1) is 27.0 Å². The van der Waals surface area contributed by atoms with Crippen molar-refractivity contribution >= 4 is 55.9 Å². The van der Waals surface area contributed by atoms with Gasteiger partial charge in [-0.2, -0.15) is 8.75 Å². The van der Waals surface area contributed by atoms with Crippen LogP contribution >= 0.6 is 23.1 Å². The first-order valence-electron chi connectivity index (χ1n) is 10.7. The molecule has 6 rings (SSSR count). The number of aromatic nitrogens is 3. The molecule has 1 N–H and O–H groups in total. The van der Waals surface area contributed by atoms with Crippen molar-refractivity contribution in [2.75, 3.05) is 18.4 Å². The van der Waals surface area contributed by atoms with Crippen LogP contribution in [0.5, 0.6) is 0 Å². The monoisotopic (exact) mass is 449 g/mol. The first-order chi connectivity index (χ1) is 15.1. The molecule has 2 fully saturated rings. The molecule has 2 aliphatic rings. The van der Waals surface area contributed by atoms with Crippen LogP contribution in [0.1, 0.15) is 29.8 Å². The molecule has 2 aromatic heterocycles. The van der Waals surface area contributed by atoms with Gasteiger partial charge in [0.1, 0.15) is 11.0 Å². The summed E-state index contributed by atoms with van der Waals surface area (Å²) >= 11 is 2.95. The summed E-state index contributed by atoms with van der Waals surface area (Å²) in [6.07, 6.45) is 3.20. The van der Waals surface area contributed by atoms with Gasteiger partial charge in [0, 0.05) is 18.2 Å². The number of nitrogens with zero attached hydrogens (tertiary/aromatic N) is 4. The molecule has 1 saturated heterocycles. The van der Waals surface area contributed by atoms with Crippen molar-refractivity contribution in [2.24, 2.45) is 11.3 Å². The predicted molar refractivity (Wildman–Crippen MR) is 125 cm³/mol. The highest BCUT2D eigenvalue weighted by atomic mass is 32.1. The maximum absolute atomic E-state index is 12.9. The van der Waals surface area contributed by atoms with Gasteiger partial charge in [-0.15, -0.1) is 11.3 Å². The van der Waals surface area contributed by atoms with E-state index in [2.05, 4.69) is 48.2 Å². The second-order valence-corrected chi connectivity index (χ2v) is 10.7. The Morgan fingerprint density at radius 2 is 1.97 bits per heavy atom. The van der Waals surface area contributed by atoms with Crippen molar-refractivity contribution in [3.05, 3.63) is 47.0 Å². The summed E-state index contributed by atoms with van der Waals surface area (Å²) in [7, 11) is 0. The maximum Gasteiger partial charge on any atom is 0.228 e. The molecule has 3 heterocycles. The fourth-order valence-corrected chi connectivity index (χ4v) is 6.29. The Morgan fingerprint density at radius 3 is 2.84 bits per heavy atom. The Hall–Kier alpha value is -2.42. The number of likely N-dealkylation sites (tertiary alicyclic amines) is 1. The highest BCUT2D eigenvalue weighted by molar-refractivity contribution is 7.18. The number of amides is 1. The van der Waals surface area contributed by atoms with E-state index >= 15 is 0 Å². The Bertz CT molecular complexity index is 1290. The third-order valence-corrected chi connectivity index (χ3v) is 8.35. The number of piperidine rings is 1. The molecule has 1 spiro atoms. The third kappa shape index (κ3) is 3.62. The highest BCUT2D eigenvalue weighted by Crippen LogP contribution is 2.59. The summed E-state index contributed by atoms with van der Waals surface area (Å²) in [4.78, 5) is 19.9. The minimum absolute atomic E-state index is 0.139. The van der Waals surface area contributed by atoms with Crippen molar-refractivity contribution in [2.45, 2.75) is 32.7 Å². The third-order valence-electron chi connectivity index (χ3n) is 6.84. The first-order valence-corrected chi connectivity index (χ1v) is 12.2. The Labute approximate surface area is 188 Å². The van der Waals surface area contributed by atoms with Crippen molar-refractivity contribution in [1.82, 2.24) is 18.6 Å². The van der Waals surface area contributed by atoms with Gasteiger partial charge in [0.25, 0.3) is 0 Å². The summed E-state index contributed by atoms with van der Waals surface area (Å²) in [6, 6.07) is 12.4. The quantitative estimate of drug-likeness (QED) is 0.482. The van der Waals surface area contributed by atoms with Gasteiger partial charge < -0.3 is 5.32 Å². The molecule has 8 heteroatoms. The van der Waals surface area contributed by atoms with Crippen LogP contribution in [-0.4, -0.2) is 37.6 Å². The maximum atomic E-state index is 12.9. The fraction of sp³-hybridized carbons (Fsp3) is 0.391. The van der Waals surface area contributed by atoms with Gasteiger partial charge in [-0.25, -0.2) is 4.98 Å². The number of anilines is 1. The van der Waals surface area contributed by atoms with Crippen LogP contribution in [0.3, 0.4) is 0 Å². The second kappa shape index (κ2) is 7.32. The molecule has 31 heavy (non-hydrogen) atoms. The molecular formula is C23H23N5OS2. The van der Waals surface area contributed by atoms with Gasteiger partial charge >= 0.3 is 0 Å². The minimum atomic E-state index is 0.139. The molecule has 0 bridgehead atoms. The average molecular weight is 450 g/mol. The van der Waals surface area contributed by atoms with Crippen molar-refractivity contribution in [3.63, 3.8) is 0 Å². The zero-order chi connectivity index (χ0) is 21.0. The zero-order valence-corrected chi connectivity index (χ0v) is 18.9.